The molecule has 1 N–H and O–H groups in total. The Balaban J connectivity index is 1.45. The molecule has 2 aromatic rings. The molecule has 0 bridgehead atoms. The second-order valence-electron chi connectivity index (χ2n) is 9.83. The van der Waals surface area contributed by atoms with E-state index in [0.29, 0.717) is 5.56 Å². The summed E-state index contributed by atoms with van der Waals surface area (Å²) in [6, 6.07) is 9.40. The summed E-state index contributed by atoms with van der Waals surface area (Å²) in [5.74, 6) is -0.560. The molecule has 4 rings (SSSR count). The molecule has 0 amide bonds. The van der Waals surface area contributed by atoms with Crippen LogP contribution in [0, 0.1) is 5.92 Å². The Bertz CT molecular complexity index is 872. The van der Waals surface area contributed by atoms with Crippen LogP contribution in [0.2, 0.25) is 0 Å². The highest BCUT2D eigenvalue weighted by Gasteiger charge is 2.48. The molecule has 6 nitrogen and oxygen atoms in total. The van der Waals surface area contributed by atoms with Gasteiger partial charge in [0.1, 0.15) is 6.54 Å². The van der Waals surface area contributed by atoms with Gasteiger partial charge in [-0.2, -0.15) is 0 Å². The number of rotatable bonds is 7. The quantitative estimate of drug-likeness (QED) is 0.528. The molecule has 2 heterocycles. The Kier molecular flexibility index (Phi) is 7.21. The van der Waals surface area contributed by atoms with Crippen molar-refractivity contribution in [2.75, 3.05) is 26.7 Å². The predicted octanol–water partition coefficient (Wildman–Crippen LogP) is 3.64. The van der Waals surface area contributed by atoms with Crippen molar-refractivity contribution in [1.29, 1.82) is 0 Å². The van der Waals surface area contributed by atoms with Gasteiger partial charge in [-0.15, -0.1) is 0 Å². The first-order valence-electron chi connectivity index (χ1n) is 12.1. The van der Waals surface area contributed by atoms with E-state index in [1.54, 1.807) is 12.4 Å². The van der Waals surface area contributed by atoms with Crippen molar-refractivity contribution in [3.8, 4) is 0 Å². The van der Waals surface area contributed by atoms with E-state index in [9.17, 15) is 9.90 Å². The average molecular weight is 439 g/mol. The third-order valence-electron chi connectivity index (χ3n) is 7.39. The molecule has 0 radical (unpaired) electrons. The second kappa shape index (κ2) is 10.1. The van der Waals surface area contributed by atoms with Crippen LogP contribution < -0.4 is 0 Å². The molecule has 2 unspecified atom stereocenters. The first kappa shape index (κ1) is 22.9. The maximum Gasteiger partial charge on any atom is 0.343 e. The monoisotopic (exact) mass is 438 g/mol. The van der Waals surface area contributed by atoms with Gasteiger partial charge in [0.15, 0.2) is 11.7 Å². The van der Waals surface area contributed by atoms with Crippen molar-refractivity contribution in [2.24, 2.45) is 5.92 Å². The fourth-order valence-electron chi connectivity index (χ4n) is 5.49. The van der Waals surface area contributed by atoms with E-state index in [2.05, 4.69) is 17.0 Å². The number of carbonyl (C=O) groups excluding carboxylic acids is 1. The van der Waals surface area contributed by atoms with Crippen LogP contribution in [0.4, 0.5) is 0 Å². The number of nitrogens with zero attached hydrogens (tertiary/aromatic N) is 3. The number of piperidine rings is 1. The van der Waals surface area contributed by atoms with Crippen LogP contribution in [0.1, 0.15) is 56.2 Å². The van der Waals surface area contributed by atoms with Crippen LogP contribution in [-0.2, 0) is 21.6 Å². The van der Waals surface area contributed by atoms with Gasteiger partial charge in [0.05, 0.1) is 25.8 Å². The number of aliphatic hydroxyl groups is 1. The molecule has 1 saturated carbocycles. The van der Waals surface area contributed by atoms with Crippen LogP contribution in [0.5, 0.6) is 0 Å². The van der Waals surface area contributed by atoms with E-state index >= 15 is 0 Å². The van der Waals surface area contributed by atoms with Crippen molar-refractivity contribution in [1.82, 2.24) is 9.97 Å². The lowest BCUT2D eigenvalue weighted by Gasteiger charge is -2.42. The summed E-state index contributed by atoms with van der Waals surface area (Å²) >= 11 is 0. The molecule has 1 aromatic carbocycles. The summed E-state index contributed by atoms with van der Waals surface area (Å²) < 4.78 is 6.91. The van der Waals surface area contributed by atoms with E-state index < -0.39 is 11.6 Å². The number of ether oxygens (including phenoxy) is 1. The molecule has 172 valence electrons. The summed E-state index contributed by atoms with van der Waals surface area (Å²) in [6.45, 7) is 2.75. The van der Waals surface area contributed by atoms with E-state index in [1.807, 2.05) is 36.5 Å². The summed E-state index contributed by atoms with van der Waals surface area (Å²) in [5.41, 5.74) is 0.0802. The smallest absolute Gasteiger partial charge is 0.343 e. The third kappa shape index (κ3) is 5.18. The van der Waals surface area contributed by atoms with E-state index in [1.165, 1.54) is 6.42 Å². The molecular weight excluding hydrogens is 402 g/mol. The Morgan fingerprint density at radius 1 is 1.12 bits per heavy atom. The van der Waals surface area contributed by atoms with Crippen LogP contribution in [-0.4, -0.2) is 58.3 Å². The highest BCUT2D eigenvalue weighted by Crippen LogP contribution is 2.41. The molecule has 6 heteroatoms. The number of likely N-dealkylation sites (tertiary alicyclic amines) is 1. The third-order valence-corrected chi connectivity index (χ3v) is 7.39. The van der Waals surface area contributed by atoms with Crippen LogP contribution in [0.3, 0.4) is 0 Å². The average Bonchev–Trinajstić information content (AvgIpc) is 2.84. The Hall–Kier alpha value is -2.31. The maximum absolute atomic E-state index is 13.5. The molecule has 2 fully saturated rings. The van der Waals surface area contributed by atoms with Gasteiger partial charge in [-0.05, 0) is 24.8 Å². The summed E-state index contributed by atoms with van der Waals surface area (Å²) in [4.78, 5) is 22.1. The van der Waals surface area contributed by atoms with Gasteiger partial charge in [-0.25, -0.2) is 4.79 Å². The Morgan fingerprint density at radius 2 is 1.91 bits per heavy atom. The number of benzene rings is 1. The minimum absolute atomic E-state index is 0.0905. The molecule has 32 heavy (non-hydrogen) atoms. The molecule has 1 saturated heterocycles. The fourth-order valence-corrected chi connectivity index (χ4v) is 5.49. The van der Waals surface area contributed by atoms with Gasteiger partial charge in [-0.1, -0.05) is 49.6 Å². The molecule has 0 spiro atoms. The minimum Gasteiger partial charge on any atom is -0.454 e. The zero-order valence-electron chi connectivity index (χ0n) is 19.2. The molecule has 1 aromatic heterocycles. The van der Waals surface area contributed by atoms with E-state index in [0.717, 1.165) is 74.8 Å². The van der Waals surface area contributed by atoms with E-state index in [-0.39, 0.29) is 12.0 Å². The largest absolute Gasteiger partial charge is 0.454 e. The van der Waals surface area contributed by atoms with Crippen molar-refractivity contribution in [3.05, 3.63) is 60.2 Å². The minimum atomic E-state index is -1.57. The van der Waals surface area contributed by atoms with Gasteiger partial charge >= 0.3 is 5.97 Å². The second-order valence-corrected chi connectivity index (χ2v) is 9.83. The van der Waals surface area contributed by atoms with Gasteiger partial charge in [-0.3, -0.25) is 9.97 Å². The van der Waals surface area contributed by atoms with Crippen LogP contribution >= 0.6 is 0 Å². The molecular formula is C26H36N3O3+. The number of hydrogen-bond donors (Lipinski definition) is 1. The van der Waals surface area contributed by atoms with Crippen molar-refractivity contribution in [3.63, 3.8) is 0 Å². The van der Waals surface area contributed by atoms with Gasteiger partial charge in [0.2, 0.25) is 0 Å². The predicted molar refractivity (Wildman–Crippen MR) is 123 cm³/mol. The standard InChI is InChI=1S/C26H36N3O3/c1-29(18-14-23-19-27-15-16-28-23)17-8-13-24(20-29)32-25(30)26(31,21-9-4-2-5-10-21)22-11-6-3-7-12-22/h2,4-5,9-10,15-16,19,22,24,31H,3,6-8,11-14,17-18,20H2,1H3/q+1/t24?,26-,29?/m0/s1. The van der Waals surface area contributed by atoms with Crippen molar-refractivity contribution >= 4 is 5.97 Å². The van der Waals surface area contributed by atoms with Crippen molar-refractivity contribution in [2.45, 2.75) is 63.1 Å². The van der Waals surface area contributed by atoms with E-state index in [4.69, 9.17) is 4.74 Å². The normalized spacial score (nSPS) is 26.2. The zero-order valence-corrected chi connectivity index (χ0v) is 19.2. The molecule has 2 aliphatic rings. The SMILES string of the molecule is C[N+]1(CCc2cnccn2)CCCC(OC(=O)[C@](O)(c2ccccc2)C2CCCCC2)C1. The Labute approximate surface area is 191 Å². The summed E-state index contributed by atoms with van der Waals surface area (Å²) in [5, 5.41) is 11.8. The highest BCUT2D eigenvalue weighted by molar-refractivity contribution is 5.81. The van der Waals surface area contributed by atoms with Gasteiger partial charge < -0.3 is 14.3 Å². The first-order chi connectivity index (χ1) is 15.5. The lowest BCUT2D eigenvalue weighted by Crippen LogP contribution is -2.56. The van der Waals surface area contributed by atoms with Crippen molar-refractivity contribution < 1.29 is 19.1 Å². The fraction of sp³-hybridized carbons (Fsp3) is 0.577. The lowest BCUT2D eigenvalue weighted by atomic mass is 9.73. The number of esters is 1. The number of likely N-dealkylation sites (N-methyl/N-ethyl adjacent to an activating group) is 1. The maximum atomic E-state index is 13.5. The van der Waals surface area contributed by atoms with Crippen LogP contribution in [0.15, 0.2) is 48.9 Å². The molecule has 1 aliphatic carbocycles. The lowest BCUT2D eigenvalue weighted by molar-refractivity contribution is -0.916. The first-order valence-corrected chi connectivity index (χ1v) is 12.1. The number of carbonyl (C=O) groups is 1. The van der Waals surface area contributed by atoms with Gasteiger partial charge in [0, 0.05) is 37.4 Å². The van der Waals surface area contributed by atoms with Gasteiger partial charge in [0.25, 0.3) is 0 Å². The number of hydrogen-bond acceptors (Lipinski definition) is 5. The zero-order chi connectivity index (χ0) is 22.4. The Morgan fingerprint density at radius 3 is 2.62 bits per heavy atom. The topological polar surface area (TPSA) is 72.3 Å². The number of quaternary nitrogens is 1. The van der Waals surface area contributed by atoms with Crippen LogP contribution in [0.25, 0.3) is 0 Å². The molecule has 1 aliphatic heterocycles. The summed E-state index contributed by atoms with van der Waals surface area (Å²) in [6.07, 6.45) is 12.7. The molecule has 3 atom stereocenters. The highest BCUT2D eigenvalue weighted by atomic mass is 16.6. The number of aromatic nitrogens is 2. The summed E-state index contributed by atoms with van der Waals surface area (Å²) in [7, 11) is 2.22.